The SMILES string of the molecule is Cc1cc(C)nc(SCC(=O)N(Cc2cccnc2)C(C(=O)Nc2ccc(N(C)C)cc2)c2ccc(Cl)cc2)n1. The number of halogens is 1. The van der Waals surface area contributed by atoms with E-state index in [2.05, 4.69) is 20.3 Å². The highest BCUT2D eigenvalue weighted by Crippen LogP contribution is 2.28. The van der Waals surface area contributed by atoms with Gasteiger partial charge in [0.25, 0.3) is 5.91 Å². The molecule has 8 nitrogen and oxygen atoms in total. The second-order valence-electron chi connectivity index (χ2n) is 9.49. The third-order valence-electron chi connectivity index (χ3n) is 6.08. The number of pyridine rings is 1. The van der Waals surface area contributed by atoms with Gasteiger partial charge in [-0.3, -0.25) is 14.6 Å². The van der Waals surface area contributed by atoms with Gasteiger partial charge in [0.15, 0.2) is 5.16 Å². The first-order valence-corrected chi connectivity index (χ1v) is 14.0. The first kappa shape index (κ1) is 29.0. The van der Waals surface area contributed by atoms with E-state index in [1.165, 1.54) is 11.8 Å². The lowest BCUT2D eigenvalue weighted by molar-refractivity contribution is -0.137. The van der Waals surface area contributed by atoms with Gasteiger partial charge < -0.3 is 15.1 Å². The maximum atomic E-state index is 13.9. The lowest BCUT2D eigenvalue weighted by Gasteiger charge is -2.31. The molecule has 0 saturated heterocycles. The number of nitrogens with zero attached hydrogens (tertiary/aromatic N) is 5. The van der Waals surface area contributed by atoms with Crippen molar-refractivity contribution >= 4 is 46.6 Å². The first-order valence-electron chi connectivity index (χ1n) is 12.7. The number of anilines is 2. The Morgan fingerprint density at radius 3 is 2.25 bits per heavy atom. The van der Waals surface area contributed by atoms with Crippen molar-refractivity contribution in [3.63, 3.8) is 0 Å². The molecule has 2 aromatic carbocycles. The standard InChI is InChI=1S/C30H31ClN6O2S/c1-20-16-21(2)34-30(33-20)40-19-27(38)37(18-22-6-5-15-32-17-22)28(23-7-9-24(31)10-8-23)29(39)35-25-11-13-26(14-12-25)36(3)4/h5-17,28H,18-19H2,1-4H3,(H,35,39). The molecule has 0 spiro atoms. The minimum absolute atomic E-state index is 0.0536. The Hall–Kier alpha value is -3.95. The van der Waals surface area contributed by atoms with Crippen molar-refractivity contribution in [2.24, 2.45) is 0 Å². The maximum absolute atomic E-state index is 13.9. The van der Waals surface area contributed by atoms with E-state index in [0.29, 0.717) is 21.4 Å². The minimum atomic E-state index is -0.931. The lowest BCUT2D eigenvalue weighted by atomic mass is 10.0. The fraction of sp³-hybridized carbons (Fsp3) is 0.233. The zero-order chi connectivity index (χ0) is 28.6. The third kappa shape index (κ3) is 7.80. The minimum Gasteiger partial charge on any atom is -0.378 e. The van der Waals surface area contributed by atoms with Gasteiger partial charge >= 0.3 is 0 Å². The molecule has 0 aliphatic carbocycles. The molecule has 0 fully saturated rings. The topological polar surface area (TPSA) is 91.3 Å². The van der Waals surface area contributed by atoms with Crippen molar-refractivity contribution < 1.29 is 9.59 Å². The summed E-state index contributed by atoms with van der Waals surface area (Å²) in [4.78, 5) is 44.4. The largest absolute Gasteiger partial charge is 0.378 e. The molecule has 1 N–H and O–H groups in total. The number of hydrogen-bond donors (Lipinski definition) is 1. The molecule has 1 unspecified atom stereocenters. The van der Waals surface area contributed by atoms with E-state index in [-0.39, 0.29) is 24.1 Å². The van der Waals surface area contributed by atoms with Gasteiger partial charge in [0.2, 0.25) is 5.91 Å². The van der Waals surface area contributed by atoms with Crippen LogP contribution < -0.4 is 10.2 Å². The van der Waals surface area contributed by atoms with E-state index in [1.807, 2.05) is 69.2 Å². The summed E-state index contributed by atoms with van der Waals surface area (Å²) in [6, 6.07) is 19.1. The average Bonchev–Trinajstić information content (AvgIpc) is 2.93. The number of aryl methyl sites for hydroxylation is 2. The van der Waals surface area contributed by atoms with Crippen LogP contribution in [0.15, 0.2) is 84.3 Å². The number of rotatable bonds is 10. The van der Waals surface area contributed by atoms with Crippen molar-refractivity contribution in [3.05, 3.63) is 107 Å². The summed E-state index contributed by atoms with van der Waals surface area (Å²) in [5, 5.41) is 4.05. The van der Waals surface area contributed by atoms with E-state index in [1.54, 1.807) is 47.6 Å². The molecule has 0 aliphatic rings. The Balaban J connectivity index is 1.67. The van der Waals surface area contributed by atoms with Crippen LogP contribution in [0.3, 0.4) is 0 Å². The second-order valence-corrected chi connectivity index (χ2v) is 10.9. The van der Waals surface area contributed by atoms with Gasteiger partial charge in [-0.15, -0.1) is 0 Å². The Bertz CT molecular complexity index is 1430. The van der Waals surface area contributed by atoms with Crippen LogP contribution in [0.25, 0.3) is 0 Å². The van der Waals surface area contributed by atoms with Crippen LogP contribution >= 0.6 is 23.4 Å². The highest BCUT2D eigenvalue weighted by atomic mass is 35.5. The quantitative estimate of drug-likeness (QED) is 0.192. The van der Waals surface area contributed by atoms with E-state index in [0.717, 1.165) is 22.6 Å². The van der Waals surface area contributed by atoms with Crippen LogP contribution in [-0.4, -0.2) is 51.5 Å². The van der Waals surface area contributed by atoms with Gasteiger partial charge in [-0.2, -0.15) is 0 Å². The van der Waals surface area contributed by atoms with Gasteiger partial charge in [-0.1, -0.05) is 41.6 Å². The molecule has 1 atom stereocenters. The first-order chi connectivity index (χ1) is 19.2. The smallest absolute Gasteiger partial charge is 0.251 e. The van der Waals surface area contributed by atoms with Crippen molar-refractivity contribution in [2.45, 2.75) is 31.6 Å². The highest BCUT2D eigenvalue weighted by molar-refractivity contribution is 7.99. The monoisotopic (exact) mass is 574 g/mol. The molecule has 0 bridgehead atoms. The van der Waals surface area contributed by atoms with Crippen molar-refractivity contribution in [1.29, 1.82) is 0 Å². The Labute approximate surface area is 243 Å². The summed E-state index contributed by atoms with van der Waals surface area (Å²) in [7, 11) is 3.90. The van der Waals surface area contributed by atoms with Crippen LogP contribution in [0.4, 0.5) is 11.4 Å². The molecular weight excluding hydrogens is 544 g/mol. The zero-order valence-electron chi connectivity index (χ0n) is 22.8. The molecule has 40 heavy (non-hydrogen) atoms. The second kappa shape index (κ2) is 13.4. The van der Waals surface area contributed by atoms with Gasteiger partial charge in [-0.05, 0) is 73.5 Å². The Kier molecular flexibility index (Phi) is 9.74. The van der Waals surface area contributed by atoms with Crippen LogP contribution in [-0.2, 0) is 16.1 Å². The number of benzene rings is 2. The van der Waals surface area contributed by atoms with E-state index in [4.69, 9.17) is 11.6 Å². The Morgan fingerprint density at radius 2 is 1.65 bits per heavy atom. The van der Waals surface area contributed by atoms with Gasteiger partial charge in [0.05, 0.1) is 5.75 Å². The van der Waals surface area contributed by atoms with Crippen LogP contribution in [0.5, 0.6) is 0 Å². The fourth-order valence-corrected chi connectivity index (χ4v) is 5.11. The fourth-order valence-electron chi connectivity index (χ4n) is 4.15. The molecule has 2 amide bonds. The summed E-state index contributed by atoms with van der Waals surface area (Å²) < 4.78 is 0. The molecule has 2 heterocycles. The van der Waals surface area contributed by atoms with E-state index >= 15 is 0 Å². The number of hydrogen-bond acceptors (Lipinski definition) is 7. The molecule has 0 radical (unpaired) electrons. The Morgan fingerprint density at radius 1 is 0.975 bits per heavy atom. The summed E-state index contributed by atoms with van der Waals surface area (Å²) in [5.41, 5.74) is 4.72. The van der Waals surface area contributed by atoms with Gasteiger partial charge in [0.1, 0.15) is 6.04 Å². The predicted molar refractivity (Wildman–Crippen MR) is 161 cm³/mol. The molecule has 4 rings (SSSR count). The normalized spacial score (nSPS) is 11.5. The molecule has 2 aromatic heterocycles. The molecule has 206 valence electrons. The molecule has 0 saturated carbocycles. The third-order valence-corrected chi connectivity index (χ3v) is 7.16. The number of carbonyl (C=O) groups excluding carboxylic acids is 2. The molecule has 10 heteroatoms. The van der Waals surface area contributed by atoms with Crippen molar-refractivity contribution in [1.82, 2.24) is 19.9 Å². The van der Waals surface area contributed by atoms with Gasteiger partial charge in [-0.25, -0.2) is 9.97 Å². The van der Waals surface area contributed by atoms with Crippen molar-refractivity contribution in [3.8, 4) is 0 Å². The number of amides is 2. The summed E-state index contributed by atoms with van der Waals surface area (Å²) in [5.74, 6) is -0.530. The average molecular weight is 575 g/mol. The van der Waals surface area contributed by atoms with E-state index < -0.39 is 6.04 Å². The predicted octanol–water partition coefficient (Wildman–Crippen LogP) is 5.71. The van der Waals surface area contributed by atoms with Crippen LogP contribution in [0.2, 0.25) is 5.02 Å². The van der Waals surface area contributed by atoms with Crippen LogP contribution in [0.1, 0.15) is 28.6 Å². The summed E-state index contributed by atoms with van der Waals surface area (Å²) >= 11 is 7.41. The highest BCUT2D eigenvalue weighted by Gasteiger charge is 2.32. The number of aromatic nitrogens is 3. The van der Waals surface area contributed by atoms with Gasteiger partial charge in [0, 0.05) is 60.8 Å². The van der Waals surface area contributed by atoms with E-state index in [9.17, 15) is 9.59 Å². The zero-order valence-corrected chi connectivity index (χ0v) is 24.4. The number of carbonyl (C=O) groups is 2. The molecular formula is C30H31ClN6O2S. The maximum Gasteiger partial charge on any atom is 0.251 e. The van der Waals surface area contributed by atoms with Crippen molar-refractivity contribution in [2.75, 3.05) is 30.1 Å². The summed E-state index contributed by atoms with van der Waals surface area (Å²) in [6.45, 7) is 3.96. The molecule has 4 aromatic rings. The number of thioether (sulfide) groups is 1. The molecule has 0 aliphatic heterocycles. The lowest BCUT2D eigenvalue weighted by Crippen LogP contribution is -2.41. The van der Waals surface area contributed by atoms with Crippen LogP contribution in [0, 0.1) is 13.8 Å². The summed E-state index contributed by atoms with van der Waals surface area (Å²) in [6.07, 6.45) is 3.36. The number of nitrogens with one attached hydrogen (secondary N) is 1.